The average Bonchev–Trinajstić information content (AvgIpc) is 2.41. The zero-order valence-corrected chi connectivity index (χ0v) is 12.2. The van der Waals surface area contributed by atoms with Gasteiger partial charge in [-0.15, -0.1) is 17.9 Å². The van der Waals surface area contributed by atoms with Crippen LogP contribution in [0.5, 0.6) is 5.75 Å². The second-order valence-electron chi connectivity index (χ2n) is 4.32. The van der Waals surface area contributed by atoms with E-state index in [1.165, 1.54) is 12.1 Å². The minimum atomic E-state index is -4.73. The van der Waals surface area contributed by atoms with Gasteiger partial charge in [0, 0.05) is 13.2 Å². The van der Waals surface area contributed by atoms with Gasteiger partial charge in [-0.3, -0.25) is 0 Å². The Morgan fingerprint density at radius 3 is 2.29 bits per heavy atom. The first-order valence-corrected chi connectivity index (χ1v) is 7.69. The lowest BCUT2D eigenvalue weighted by Crippen LogP contribution is -2.24. The summed E-state index contributed by atoms with van der Waals surface area (Å²) in [6, 6.07) is 4.92. The highest BCUT2D eigenvalue weighted by Gasteiger charge is 2.31. The van der Waals surface area contributed by atoms with Crippen LogP contribution >= 0.6 is 0 Å². The highest BCUT2D eigenvalue weighted by atomic mass is 32.2. The fourth-order valence-corrected chi connectivity index (χ4v) is 2.48. The van der Waals surface area contributed by atoms with Crippen molar-refractivity contribution in [3.8, 4) is 5.75 Å². The van der Waals surface area contributed by atoms with Crippen LogP contribution in [0.3, 0.4) is 0 Å². The van der Waals surface area contributed by atoms with Crippen molar-refractivity contribution in [3.63, 3.8) is 0 Å². The van der Waals surface area contributed by atoms with Crippen molar-refractivity contribution >= 4 is 11.4 Å². The standard InChI is InChI=1S/C13H18F3NO3S/c14-13(15,16)20-11-5-7-12(8-6-11)21(19)17-9-3-1-2-4-10-18/h5-8,17-18H,1-4,9-10H2. The van der Waals surface area contributed by atoms with Gasteiger partial charge >= 0.3 is 6.36 Å². The zero-order valence-electron chi connectivity index (χ0n) is 11.4. The maximum absolute atomic E-state index is 12.0. The van der Waals surface area contributed by atoms with Crippen molar-refractivity contribution in [1.29, 1.82) is 0 Å². The molecule has 0 amide bonds. The number of nitrogens with one attached hydrogen (secondary N) is 1. The fraction of sp³-hybridized carbons (Fsp3) is 0.538. The van der Waals surface area contributed by atoms with Gasteiger partial charge in [0.1, 0.15) is 5.75 Å². The molecule has 0 aromatic heterocycles. The Bertz CT molecular complexity index is 401. The number of benzene rings is 1. The molecule has 0 bridgehead atoms. The summed E-state index contributed by atoms with van der Waals surface area (Å²) in [6.07, 6.45) is -1.32. The first-order chi connectivity index (χ1) is 9.92. The molecule has 2 N–H and O–H groups in total. The van der Waals surface area contributed by atoms with Gasteiger partial charge in [0.15, 0.2) is 4.90 Å². The Hall–Kier alpha value is -0.960. The minimum absolute atomic E-state index is 0.172. The third kappa shape index (κ3) is 8.15. The van der Waals surface area contributed by atoms with Crippen LogP contribution in [0.1, 0.15) is 25.7 Å². The van der Waals surface area contributed by atoms with Gasteiger partial charge in [-0.25, -0.2) is 0 Å². The number of unbranched alkanes of at least 4 members (excludes halogenated alkanes) is 3. The zero-order chi connectivity index (χ0) is 15.7. The van der Waals surface area contributed by atoms with Crippen molar-refractivity contribution in [3.05, 3.63) is 24.3 Å². The molecule has 1 rings (SSSR count). The van der Waals surface area contributed by atoms with E-state index >= 15 is 0 Å². The Balaban J connectivity index is 2.32. The molecule has 1 aromatic carbocycles. The number of aliphatic hydroxyl groups excluding tert-OH is 1. The first-order valence-electron chi connectivity index (χ1n) is 6.54. The lowest BCUT2D eigenvalue weighted by Gasteiger charge is -2.12. The van der Waals surface area contributed by atoms with E-state index in [9.17, 15) is 17.7 Å². The summed E-state index contributed by atoms with van der Waals surface area (Å²) in [6.45, 7) is 0.713. The molecule has 0 heterocycles. The lowest BCUT2D eigenvalue weighted by molar-refractivity contribution is -0.274. The van der Waals surface area contributed by atoms with E-state index < -0.39 is 17.7 Å². The largest absolute Gasteiger partial charge is 0.593 e. The number of aliphatic hydroxyl groups is 1. The van der Waals surface area contributed by atoms with E-state index in [2.05, 4.69) is 9.46 Å². The summed E-state index contributed by atoms with van der Waals surface area (Å²) in [4.78, 5) is 0.389. The Labute approximate surface area is 124 Å². The third-order valence-electron chi connectivity index (χ3n) is 2.59. The van der Waals surface area contributed by atoms with E-state index in [-0.39, 0.29) is 12.4 Å². The summed E-state index contributed by atoms with van der Waals surface area (Å²) in [5.74, 6) is -0.341. The van der Waals surface area contributed by atoms with E-state index in [1.807, 2.05) is 0 Å². The smallest absolute Gasteiger partial charge is 0.573 e. The van der Waals surface area contributed by atoms with Gasteiger partial charge in [0.05, 0.1) is 11.4 Å². The molecule has 8 heteroatoms. The van der Waals surface area contributed by atoms with Gasteiger partial charge in [0.2, 0.25) is 0 Å². The van der Waals surface area contributed by atoms with Crippen molar-refractivity contribution in [2.75, 3.05) is 13.2 Å². The molecular formula is C13H18F3NO3S. The Morgan fingerprint density at radius 1 is 1.10 bits per heavy atom. The highest BCUT2D eigenvalue weighted by Crippen LogP contribution is 2.23. The molecule has 1 aromatic rings. The van der Waals surface area contributed by atoms with Gasteiger partial charge in [-0.2, -0.15) is 0 Å². The number of rotatable bonds is 9. The summed E-state index contributed by atoms with van der Waals surface area (Å²) >= 11 is -1.46. The van der Waals surface area contributed by atoms with Crippen molar-refractivity contribution in [2.24, 2.45) is 0 Å². The molecule has 0 fully saturated rings. The molecule has 0 aliphatic carbocycles. The SMILES string of the molecule is [O-][S+](NCCCCCCO)c1ccc(OC(F)(F)F)cc1. The molecule has 21 heavy (non-hydrogen) atoms. The van der Waals surface area contributed by atoms with Crippen LogP contribution in [0, 0.1) is 0 Å². The molecule has 0 saturated heterocycles. The van der Waals surface area contributed by atoms with Crippen molar-refractivity contribution in [2.45, 2.75) is 36.9 Å². The first kappa shape index (κ1) is 18.1. The Morgan fingerprint density at radius 2 is 1.71 bits per heavy atom. The minimum Gasteiger partial charge on any atom is -0.593 e. The van der Waals surface area contributed by atoms with Gasteiger partial charge in [0.25, 0.3) is 0 Å². The molecule has 1 unspecified atom stereocenters. The van der Waals surface area contributed by atoms with Crippen LogP contribution in [-0.2, 0) is 11.4 Å². The summed E-state index contributed by atoms with van der Waals surface area (Å²) < 4.78 is 54.3. The van der Waals surface area contributed by atoms with Gasteiger partial charge in [-0.05, 0) is 37.1 Å². The Kier molecular flexibility index (Phi) is 7.87. The topological polar surface area (TPSA) is 64.5 Å². The summed E-state index contributed by atoms with van der Waals surface area (Å²) in [5.41, 5.74) is 0. The van der Waals surface area contributed by atoms with Crippen LogP contribution in [0.2, 0.25) is 0 Å². The van der Waals surface area contributed by atoms with Crippen LogP contribution in [0.4, 0.5) is 13.2 Å². The van der Waals surface area contributed by atoms with E-state index in [0.717, 1.165) is 37.8 Å². The monoisotopic (exact) mass is 325 g/mol. The fourth-order valence-electron chi connectivity index (χ4n) is 1.60. The molecule has 0 saturated carbocycles. The number of alkyl halides is 3. The van der Waals surface area contributed by atoms with Gasteiger partial charge < -0.3 is 14.4 Å². The predicted molar refractivity (Wildman–Crippen MR) is 73.1 cm³/mol. The lowest BCUT2D eigenvalue weighted by atomic mass is 10.2. The molecule has 0 spiro atoms. The van der Waals surface area contributed by atoms with E-state index in [4.69, 9.17) is 5.11 Å². The summed E-state index contributed by atoms with van der Waals surface area (Å²) in [5, 5.41) is 8.61. The quantitative estimate of drug-likeness (QED) is 0.541. The van der Waals surface area contributed by atoms with Gasteiger partial charge in [-0.1, -0.05) is 12.8 Å². The predicted octanol–water partition coefficient (Wildman–Crippen LogP) is 2.75. The summed E-state index contributed by atoms with van der Waals surface area (Å²) in [7, 11) is 0. The molecular weight excluding hydrogens is 307 g/mol. The van der Waals surface area contributed by atoms with Crippen LogP contribution in [0.15, 0.2) is 29.2 Å². The molecule has 1 atom stereocenters. The van der Waals surface area contributed by atoms with Crippen LogP contribution in [-0.4, -0.2) is 29.2 Å². The average molecular weight is 325 g/mol. The number of hydrogen-bond acceptors (Lipinski definition) is 4. The molecule has 0 radical (unpaired) electrons. The molecule has 4 nitrogen and oxygen atoms in total. The van der Waals surface area contributed by atoms with Crippen molar-refractivity contribution < 1.29 is 27.6 Å². The normalized spacial score (nSPS) is 13.2. The van der Waals surface area contributed by atoms with Crippen LogP contribution < -0.4 is 9.46 Å². The maximum Gasteiger partial charge on any atom is 0.573 e. The highest BCUT2D eigenvalue weighted by molar-refractivity contribution is 7.89. The van der Waals surface area contributed by atoms with E-state index in [0.29, 0.717) is 11.4 Å². The molecule has 0 aliphatic heterocycles. The van der Waals surface area contributed by atoms with E-state index in [1.54, 1.807) is 0 Å². The maximum atomic E-state index is 12.0. The second-order valence-corrected chi connectivity index (χ2v) is 5.62. The van der Waals surface area contributed by atoms with Crippen LogP contribution in [0.25, 0.3) is 0 Å². The number of hydrogen-bond donors (Lipinski definition) is 2. The number of halogens is 3. The molecule has 0 aliphatic rings. The third-order valence-corrected chi connectivity index (χ3v) is 3.76. The van der Waals surface area contributed by atoms with Crippen molar-refractivity contribution in [1.82, 2.24) is 4.72 Å². The second kappa shape index (κ2) is 9.14. The number of ether oxygens (including phenoxy) is 1. The molecule has 120 valence electrons.